The fraction of sp³-hybridized carbons (Fsp3) is 0.231. The van der Waals surface area contributed by atoms with Gasteiger partial charge in [-0.1, -0.05) is 0 Å². The van der Waals surface area contributed by atoms with Crippen LogP contribution in [0.15, 0.2) is 30.5 Å². The van der Waals surface area contributed by atoms with Crippen LogP contribution in [-0.4, -0.2) is 22.2 Å². The molecule has 1 atom stereocenters. The summed E-state index contributed by atoms with van der Waals surface area (Å²) in [6, 6.07) is 5.95. The molecule has 94 valence electrons. The fourth-order valence-electron chi connectivity index (χ4n) is 1.58. The first-order chi connectivity index (χ1) is 8.61. The minimum Gasteiger partial charge on any atom is -0.363 e. The number of aryl methyl sites for hydroxylation is 1. The molecule has 2 rings (SSSR count). The molecule has 18 heavy (non-hydrogen) atoms. The van der Waals surface area contributed by atoms with Crippen molar-refractivity contribution in [2.75, 3.05) is 7.11 Å². The SMILES string of the molecule is COC(O)c1cnc(C)c(-c2ccc(F)cc2)n1. The Kier molecular flexibility index (Phi) is 3.64. The van der Waals surface area contributed by atoms with Gasteiger partial charge >= 0.3 is 0 Å². The van der Waals surface area contributed by atoms with E-state index >= 15 is 0 Å². The van der Waals surface area contributed by atoms with Gasteiger partial charge in [0.15, 0.2) is 6.29 Å². The van der Waals surface area contributed by atoms with Crippen LogP contribution in [0.2, 0.25) is 0 Å². The summed E-state index contributed by atoms with van der Waals surface area (Å²) < 4.78 is 17.6. The maximum absolute atomic E-state index is 12.9. The molecule has 0 saturated heterocycles. The van der Waals surface area contributed by atoms with Crippen molar-refractivity contribution >= 4 is 0 Å². The third-order valence-corrected chi connectivity index (χ3v) is 2.57. The summed E-state index contributed by atoms with van der Waals surface area (Å²) in [6.45, 7) is 1.80. The lowest BCUT2D eigenvalue weighted by Gasteiger charge is -2.10. The molecule has 0 aliphatic rings. The highest BCUT2D eigenvalue weighted by molar-refractivity contribution is 5.61. The van der Waals surface area contributed by atoms with Crippen LogP contribution in [0, 0.1) is 12.7 Å². The summed E-state index contributed by atoms with van der Waals surface area (Å²) in [6.07, 6.45) is 0.341. The second-order valence-corrected chi connectivity index (χ2v) is 3.82. The van der Waals surface area contributed by atoms with Gasteiger partial charge in [0.25, 0.3) is 0 Å². The van der Waals surface area contributed by atoms with E-state index in [-0.39, 0.29) is 5.82 Å². The lowest BCUT2D eigenvalue weighted by molar-refractivity contribution is -0.0800. The molecule has 1 aromatic carbocycles. The van der Waals surface area contributed by atoms with Crippen molar-refractivity contribution in [2.24, 2.45) is 0 Å². The van der Waals surface area contributed by atoms with E-state index in [9.17, 15) is 9.50 Å². The molecule has 0 aliphatic heterocycles. The summed E-state index contributed by atoms with van der Waals surface area (Å²) >= 11 is 0. The van der Waals surface area contributed by atoms with Gasteiger partial charge in [-0.2, -0.15) is 0 Å². The summed E-state index contributed by atoms with van der Waals surface area (Å²) in [5, 5.41) is 9.55. The summed E-state index contributed by atoms with van der Waals surface area (Å²) in [7, 11) is 1.38. The number of ether oxygens (including phenoxy) is 1. The maximum Gasteiger partial charge on any atom is 0.199 e. The lowest BCUT2D eigenvalue weighted by atomic mass is 10.1. The zero-order chi connectivity index (χ0) is 13.1. The molecule has 0 radical (unpaired) electrons. The standard InChI is InChI=1S/C13H13FN2O2/c1-8-12(9-3-5-10(14)6-4-9)16-11(7-15-8)13(17)18-2/h3-7,13,17H,1-2H3. The van der Waals surface area contributed by atoms with E-state index in [0.717, 1.165) is 5.56 Å². The number of rotatable bonds is 3. The molecule has 1 aromatic heterocycles. The monoisotopic (exact) mass is 248 g/mol. The van der Waals surface area contributed by atoms with Gasteiger partial charge in [-0.25, -0.2) is 9.37 Å². The molecule has 1 unspecified atom stereocenters. The molecule has 1 heterocycles. The average molecular weight is 248 g/mol. The van der Waals surface area contributed by atoms with Gasteiger partial charge in [0.2, 0.25) is 0 Å². The Bertz CT molecular complexity index is 543. The Balaban J connectivity index is 2.46. The van der Waals surface area contributed by atoms with Crippen LogP contribution < -0.4 is 0 Å². The van der Waals surface area contributed by atoms with Crippen molar-refractivity contribution < 1.29 is 14.2 Å². The van der Waals surface area contributed by atoms with E-state index in [1.54, 1.807) is 19.1 Å². The molecule has 1 N–H and O–H groups in total. The first kappa shape index (κ1) is 12.6. The Morgan fingerprint density at radius 2 is 1.94 bits per heavy atom. The number of aliphatic hydroxyl groups excluding tert-OH is 1. The molecule has 5 heteroatoms. The molecule has 0 fully saturated rings. The number of halogens is 1. The molecule has 0 amide bonds. The number of aromatic nitrogens is 2. The van der Waals surface area contributed by atoms with Crippen LogP contribution >= 0.6 is 0 Å². The first-order valence-corrected chi connectivity index (χ1v) is 5.42. The Labute approximate surface area is 104 Å². The minimum absolute atomic E-state index is 0.308. The minimum atomic E-state index is -1.11. The van der Waals surface area contributed by atoms with Gasteiger partial charge < -0.3 is 9.84 Å². The Hall–Kier alpha value is -1.85. The Morgan fingerprint density at radius 3 is 2.56 bits per heavy atom. The predicted molar refractivity (Wildman–Crippen MR) is 64.1 cm³/mol. The average Bonchev–Trinajstić information content (AvgIpc) is 2.39. The van der Waals surface area contributed by atoms with Crippen LogP contribution in [0.1, 0.15) is 17.7 Å². The van der Waals surface area contributed by atoms with Crippen LogP contribution in [0.4, 0.5) is 4.39 Å². The lowest BCUT2D eigenvalue weighted by Crippen LogP contribution is -2.05. The van der Waals surface area contributed by atoms with Gasteiger partial charge in [-0.15, -0.1) is 0 Å². The van der Waals surface area contributed by atoms with E-state index in [4.69, 9.17) is 4.74 Å². The molecule has 0 spiro atoms. The quantitative estimate of drug-likeness (QED) is 0.846. The number of nitrogens with zero attached hydrogens (tertiary/aromatic N) is 2. The van der Waals surface area contributed by atoms with Gasteiger partial charge in [0.05, 0.1) is 17.6 Å². The summed E-state index contributed by atoms with van der Waals surface area (Å²) in [5.74, 6) is -0.308. The second-order valence-electron chi connectivity index (χ2n) is 3.82. The van der Waals surface area contributed by atoms with E-state index < -0.39 is 6.29 Å². The van der Waals surface area contributed by atoms with Crippen molar-refractivity contribution in [3.05, 3.63) is 47.7 Å². The number of aliphatic hydroxyl groups is 1. The molecule has 0 aliphatic carbocycles. The summed E-state index contributed by atoms with van der Waals surface area (Å²) in [5.41, 5.74) is 2.37. The van der Waals surface area contributed by atoms with Crippen molar-refractivity contribution in [2.45, 2.75) is 13.2 Å². The Morgan fingerprint density at radius 1 is 1.28 bits per heavy atom. The molecular weight excluding hydrogens is 235 g/mol. The van der Waals surface area contributed by atoms with E-state index in [2.05, 4.69) is 9.97 Å². The van der Waals surface area contributed by atoms with Crippen LogP contribution in [0.3, 0.4) is 0 Å². The number of methoxy groups -OCH3 is 1. The highest BCUT2D eigenvalue weighted by Gasteiger charge is 2.12. The molecular formula is C13H13FN2O2. The number of benzene rings is 1. The highest BCUT2D eigenvalue weighted by Crippen LogP contribution is 2.22. The zero-order valence-corrected chi connectivity index (χ0v) is 10.1. The fourth-order valence-corrected chi connectivity index (χ4v) is 1.58. The third-order valence-electron chi connectivity index (χ3n) is 2.57. The van der Waals surface area contributed by atoms with E-state index in [1.807, 2.05) is 0 Å². The van der Waals surface area contributed by atoms with Crippen molar-refractivity contribution in [1.29, 1.82) is 0 Å². The van der Waals surface area contributed by atoms with Crippen LogP contribution in [0.5, 0.6) is 0 Å². The van der Waals surface area contributed by atoms with Gasteiger partial charge in [-0.05, 0) is 31.2 Å². The van der Waals surface area contributed by atoms with Gasteiger partial charge in [0, 0.05) is 12.7 Å². The highest BCUT2D eigenvalue weighted by atomic mass is 19.1. The van der Waals surface area contributed by atoms with Crippen LogP contribution in [0.25, 0.3) is 11.3 Å². The number of hydrogen-bond donors (Lipinski definition) is 1. The zero-order valence-electron chi connectivity index (χ0n) is 10.1. The summed E-state index contributed by atoms with van der Waals surface area (Å²) in [4.78, 5) is 8.43. The molecule has 0 bridgehead atoms. The van der Waals surface area contributed by atoms with E-state index in [0.29, 0.717) is 17.1 Å². The normalized spacial score (nSPS) is 12.4. The molecule has 4 nitrogen and oxygen atoms in total. The van der Waals surface area contributed by atoms with Crippen LogP contribution in [-0.2, 0) is 4.74 Å². The molecule has 2 aromatic rings. The molecule has 0 saturated carbocycles. The third kappa shape index (κ3) is 2.52. The smallest absolute Gasteiger partial charge is 0.199 e. The van der Waals surface area contributed by atoms with Crippen molar-refractivity contribution in [3.8, 4) is 11.3 Å². The van der Waals surface area contributed by atoms with E-state index in [1.165, 1.54) is 25.4 Å². The van der Waals surface area contributed by atoms with Gasteiger partial charge in [-0.3, -0.25) is 4.98 Å². The van der Waals surface area contributed by atoms with Crippen molar-refractivity contribution in [1.82, 2.24) is 9.97 Å². The van der Waals surface area contributed by atoms with Crippen molar-refractivity contribution in [3.63, 3.8) is 0 Å². The second kappa shape index (κ2) is 5.20. The number of hydrogen-bond acceptors (Lipinski definition) is 4. The maximum atomic E-state index is 12.9. The van der Waals surface area contributed by atoms with Gasteiger partial charge in [0.1, 0.15) is 11.5 Å². The topological polar surface area (TPSA) is 55.2 Å². The largest absolute Gasteiger partial charge is 0.363 e. The first-order valence-electron chi connectivity index (χ1n) is 5.42. The predicted octanol–water partition coefficient (Wildman–Crippen LogP) is 2.23.